The van der Waals surface area contributed by atoms with Crippen LogP contribution in [0, 0.1) is 5.92 Å². The second kappa shape index (κ2) is 4.99. The van der Waals surface area contributed by atoms with E-state index >= 15 is 0 Å². The minimum atomic E-state index is 0.218. The first-order chi connectivity index (χ1) is 10.3. The van der Waals surface area contributed by atoms with Crippen molar-refractivity contribution in [1.29, 1.82) is 0 Å². The molecule has 4 rings (SSSR count). The molecule has 0 heterocycles. The van der Waals surface area contributed by atoms with Crippen molar-refractivity contribution in [3.8, 4) is 0 Å². The van der Waals surface area contributed by atoms with E-state index in [-0.39, 0.29) is 5.41 Å². The van der Waals surface area contributed by atoms with Gasteiger partial charge in [-0.05, 0) is 54.2 Å². The van der Waals surface area contributed by atoms with Crippen molar-refractivity contribution in [1.82, 2.24) is 0 Å². The van der Waals surface area contributed by atoms with Gasteiger partial charge in [0.05, 0.1) is 0 Å². The monoisotopic (exact) mass is 277 g/mol. The molecular weight excluding hydrogens is 254 g/mol. The molecule has 1 heteroatoms. The van der Waals surface area contributed by atoms with Crippen LogP contribution in [-0.2, 0) is 11.8 Å². The van der Waals surface area contributed by atoms with Crippen molar-refractivity contribution in [3.05, 3.63) is 71.3 Å². The number of nitrogens with two attached hydrogens (primary N) is 1. The number of aryl methyl sites for hydroxylation is 1. The van der Waals surface area contributed by atoms with Gasteiger partial charge in [0.15, 0.2) is 0 Å². The third-order valence-corrected chi connectivity index (χ3v) is 5.71. The number of fused-ring (bicyclic) bond motifs is 1. The molecule has 0 aliphatic heterocycles. The Morgan fingerprint density at radius 3 is 2.57 bits per heavy atom. The van der Waals surface area contributed by atoms with Crippen LogP contribution in [0.1, 0.15) is 41.9 Å². The average molecular weight is 277 g/mol. The molecule has 2 aliphatic carbocycles. The van der Waals surface area contributed by atoms with Gasteiger partial charge in [-0.3, -0.25) is 0 Å². The first kappa shape index (κ1) is 13.1. The van der Waals surface area contributed by atoms with E-state index in [1.807, 2.05) is 0 Å². The molecule has 3 unspecified atom stereocenters. The summed E-state index contributed by atoms with van der Waals surface area (Å²) >= 11 is 0. The molecule has 0 amide bonds. The third kappa shape index (κ3) is 2.03. The van der Waals surface area contributed by atoms with Crippen LogP contribution in [0.5, 0.6) is 0 Å². The van der Waals surface area contributed by atoms with E-state index in [1.165, 1.54) is 36.8 Å². The summed E-state index contributed by atoms with van der Waals surface area (Å²) < 4.78 is 0. The summed E-state index contributed by atoms with van der Waals surface area (Å²) in [4.78, 5) is 0. The third-order valence-electron chi connectivity index (χ3n) is 5.71. The highest BCUT2D eigenvalue weighted by atomic mass is 14.7. The van der Waals surface area contributed by atoms with E-state index in [9.17, 15) is 0 Å². The maximum absolute atomic E-state index is 6.33. The van der Waals surface area contributed by atoms with Crippen LogP contribution >= 0.6 is 0 Å². The molecule has 0 aromatic heterocycles. The normalized spacial score (nSPS) is 30.7. The summed E-state index contributed by atoms with van der Waals surface area (Å²) in [5, 5.41) is 0. The van der Waals surface area contributed by atoms with Crippen molar-refractivity contribution >= 4 is 0 Å². The Kier molecular flexibility index (Phi) is 3.11. The van der Waals surface area contributed by atoms with Gasteiger partial charge in [0.25, 0.3) is 0 Å². The predicted molar refractivity (Wildman–Crippen MR) is 87.4 cm³/mol. The quantitative estimate of drug-likeness (QED) is 0.901. The Bertz CT molecular complexity index is 633. The zero-order valence-corrected chi connectivity index (χ0v) is 12.5. The zero-order valence-electron chi connectivity index (χ0n) is 12.5. The number of hydrogen-bond donors (Lipinski definition) is 1. The van der Waals surface area contributed by atoms with Gasteiger partial charge in [-0.25, -0.2) is 0 Å². The molecule has 2 aliphatic rings. The molecule has 2 aromatic carbocycles. The van der Waals surface area contributed by atoms with Crippen LogP contribution in [0.2, 0.25) is 0 Å². The highest BCUT2D eigenvalue weighted by molar-refractivity contribution is 5.42. The van der Waals surface area contributed by atoms with Crippen molar-refractivity contribution in [2.75, 3.05) is 6.54 Å². The van der Waals surface area contributed by atoms with Gasteiger partial charge in [-0.1, -0.05) is 54.6 Å². The van der Waals surface area contributed by atoms with Crippen molar-refractivity contribution in [3.63, 3.8) is 0 Å². The zero-order chi connectivity index (χ0) is 14.3. The molecule has 0 spiro atoms. The molecule has 1 nitrogen and oxygen atoms in total. The van der Waals surface area contributed by atoms with Crippen molar-refractivity contribution in [2.45, 2.75) is 37.0 Å². The van der Waals surface area contributed by atoms with Crippen LogP contribution in [0.25, 0.3) is 0 Å². The SMILES string of the molecule is NCC1(C2CC2c2ccccc2)CCCc2ccccc21. The number of rotatable bonds is 3. The van der Waals surface area contributed by atoms with Crippen LogP contribution < -0.4 is 5.73 Å². The van der Waals surface area contributed by atoms with Crippen molar-refractivity contribution < 1.29 is 0 Å². The Morgan fingerprint density at radius 2 is 1.76 bits per heavy atom. The molecule has 0 bridgehead atoms. The second-order valence-electron chi connectivity index (χ2n) is 6.73. The minimum Gasteiger partial charge on any atom is -0.330 e. The summed E-state index contributed by atoms with van der Waals surface area (Å²) in [7, 11) is 0. The highest BCUT2D eigenvalue weighted by Gasteiger charge is 2.54. The van der Waals surface area contributed by atoms with Crippen LogP contribution in [-0.4, -0.2) is 6.54 Å². The molecule has 1 saturated carbocycles. The fourth-order valence-electron chi connectivity index (χ4n) is 4.58. The first-order valence-corrected chi connectivity index (χ1v) is 8.18. The largest absolute Gasteiger partial charge is 0.330 e. The van der Waals surface area contributed by atoms with E-state index in [4.69, 9.17) is 5.73 Å². The molecular formula is C20H23N. The topological polar surface area (TPSA) is 26.0 Å². The van der Waals surface area contributed by atoms with Crippen LogP contribution in [0.15, 0.2) is 54.6 Å². The van der Waals surface area contributed by atoms with E-state index in [0.717, 1.165) is 12.5 Å². The standard InChI is InChI=1S/C20H23N/c21-14-20(12-6-10-16-9-4-5-11-18(16)20)19-13-17(19)15-7-2-1-3-8-15/h1-5,7-9,11,17,19H,6,10,12-14,21H2. The lowest BCUT2D eigenvalue weighted by Gasteiger charge is -2.39. The first-order valence-electron chi connectivity index (χ1n) is 8.18. The van der Waals surface area contributed by atoms with E-state index in [2.05, 4.69) is 54.6 Å². The smallest absolute Gasteiger partial charge is 0.0113 e. The number of hydrogen-bond acceptors (Lipinski definition) is 1. The molecule has 108 valence electrons. The van der Waals surface area contributed by atoms with Gasteiger partial charge >= 0.3 is 0 Å². The van der Waals surface area contributed by atoms with Gasteiger partial charge in [0.2, 0.25) is 0 Å². The molecule has 0 saturated heterocycles. The van der Waals surface area contributed by atoms with E-state index < -0.39 is 0 Å². The van der Waals surface area contributed by atoms with Crippen LogP contribution in [0.3, 0.4) is 0 Å². The summed E-state index contributed by atoms with van der Waals surface area (Å²) in [6.07, 6.45) is 5.07. The maximum atomic E-state index is 6.33. The van der Waals surface area contributed by atoms with Gasteiger partial charge in [0.1, 0.15) is 0 Å². The van der Waals surface area contributed by atoms with Gasteiger partial charge in [0, 0.05) is 12.0 Å². The molecule has 2 N–H and O–H groups in total. The van der Waals surface area contributed by atoms with Crippen molar-refractivity contribution in [2.24, 2.45) is 11.7 Å². The van der Waals surface area contributed by atoms with Gasteiger partial charge in [-0.15, -0.1) is 0 Å². The van der Waals surface area contributed by atoms with Crippen LogP contribution in [0.4, 0.5) is 0 Å². The lowest BCUT2D eigenvalue weighted by molar-refractivity contribution is 0.317. The lowest BCUT2D eigenvalue weighted by atomic mass is 9.66. The Balaban J connectivity index is 1.71. The molecule has 0 radical (unpaired) electrons. The Morgan fingerprint density at radius 1 is 1.00 bits per heavy atom. The highest BCUT2D eigenvalue weighted by Crippen LogP contribution is 2.60. The predicted octanol–water partition coefficient (Wildman–Crippen LogP) is 4.02. The van der Waals surface area contributed by atoms with Gasteiger partial charge in [-0.2, -0.15) is 0 Å². The molecule has 21 heavy (non-hydrogen) atoms. The summed E-state index contributed by atoms with van der Waals surface area (Å²) in [6, 6.07) is 20.0. The fourth-order valence-corrected chi connectivity index (χ4v) is 4.58. The van der Waals surface area contributed by atoms with E-state index in [1.54, 1.807) is 5.56 Å². The second-order valence-corrected chi connectivity index (χ2v) is 6.73. The summed E-state index contributed by atoms with van der Waals surface area (Å²) in [5.41, 5.74) is 11.1. The minimum absolute atomic E-state index is 0.218. The Hall–Kier alpha value is -1.60. The molecule has 3 atom stereocenters. The fraction of sp³-hybridized carbons (Fsp3) is 0.400. The average Bonchev–Trinajstić information content (AvgIpc) is 3.36. The Labute approximate surface area is 127 Å². The summed E-state index contributed by atoms with van der Waals surface area (Å²) in [6.45, 7) is 0.790. The van der Waals surface area contributed by atoms with Gasteiger partial charge < -0.3 is 5.73 Å². The molecule has 1 fully saturated rings. The summed E-state index contributed by atoms with van der Waals surface area (Å²) in [5.74, 6) is 1.44. The number of benzene rings is 2. The lowest BCUT2D eigenvalue weighted by Crippen LogP contribution is -2.41. The maximum Gasteiger partial charge on any atom is 0.0113 e. The molecule has 2 aromatic rings. The van der Waals surface area contributed by atoms with E-state index in [0.29, 0.717) is 5.92 Å².